The highest BCUT2D eigenvalue weighted by Gasteiger charge is 2.47. The molecule has 0 aromatic carbocycles. The molecule has 2 aliphatic rings. The number of oxime groups is 1. The smallest absolute Gasteiger partial charge is 0.271 e. The summed E-state index contributed by atoms with van der Waals surface area (Å²) in [6, 6.07) is 0.149. The van der Waals surface area contributed by atoms with Gasteiger partial charge >= 0.3 is 0 Å². The molecule has 3 heterocycles. The van der Waals surface area contributed by atoms with Crippen LogP contribution in [0.5, 0.6) is 0 Å². The predicted octanol–water partition coefficient (Wildman–Crippen LogP) is 1.88. The van der Waals surface area contributed by atoms with Crippen molar-refractivity contribution >= 4 is 11.6 Å². The Balaban J connectivity index is 1.61. The van der Waals surface area contributed by atoms with Gasteiger partial charge in [0.2, 0.25) is 0 Å². The molecule has 1 aromatic heterocycles. The molecule has 0 saturated carbocycles. The second-order valence-electron chi connectivity index (χ2n) is 7.26. The van der Waals surface area contributed by atoms with Crippen LogP contribution in [0.15, 0.2) is 9.68 Å². The van der Waals surface area contributed by atoms with Gasteiger partial charge in [-0.15, -0.1) is 0 Å². The van der Waals surface area contributed by atoms with Crippen molar-refractivity contribution in [3.63, 3.8) is 0 Å². The third kappa shape index (κ3) is 3.05. The minimum Gasteiger partial charge on any atom is -0.387 e. The van der Waals surface area contributed by atoms with Crippen LogP contribution in [0.4, 0.5) is 0 Å². The van der Waals surface area contributed by atoms with Gasteiger partial charge in [-0.25, -0.2) is 0 Å². The maximum absolute atomic E-state index is 12.4. The topological polar surface area (TPSA) is 71.2 Å². The fourth-order valence-corrected chi connectivity index (χ4v) is 3.31. The van der Waals surface area contributed by atoms with Gasteiger partial charge in [0.1, 0.15) is 11.5 Å². The number of amides is 1. The lowest BCUT2D eigenvalue weighted by Gasteiger charge is -2.23. The third-order valence-corrected chi connectivity index (χ3v) is 5.14. The maximum Gasteiger partial charge on any atom is 0.271 e. The van der Waals surface area contributed by atoms with Gasteiger partial charge in [0.25, 0.3) is 5.91 Å². The first-order valence-electron chi connectivity index (χ1n) is 8.47. The Morgan fingerprint density at radius 1 is 1.42 bits per heavy atom. The molecule has 24 heavy (non-hydrogen) atoms. The second kappa shape index (κ2) is 6.20. The molecule has 0 unspecified atom stereocenters. The summed E-state index contributed by atoms with van der Waals surface area (Å²) >= 11 is 0. The predicted molar refractivity (Wildman–Crippen MR) is 89.6 cm³/mol. The summed E-state index contributed by atoms with van der Waals surface area (Å²) in [5.41, 5.74) is 2.25. The van der Waals surface area contributed by atoms with E-state index in [1.165, 1.54) is 0 Å². The van der Waals surface area contributed by atoms with E-state index in [2.05, 4.69) is 15.2 Å². The lowest BCUT2D eigenvalue weighted by atomic mass is 9.96. The van der Waals surface area contributed by atoms with Crippen molar-refractivity contribution in [2.75, 3.05) is 20.1 Å². The van der Waals surface area contributed by atoms with Crippen molar-refractivity contribution < 1.29 is 14.2 Å². The minimum atomic E-state index is -0.359. The van der Waals surface area contributed by atoms with Gasteiger partial charge in [0.05, 0.1) is 5.69 Å². The Hall–Kier alpha value is -1.89. The highest BCUT2D eigenvalue weighted by molar-refractivity contribution is 6.39. The van der Waals surface area contributed by atoms with Gasteiger partial charge in [-0.1, -0.05) is 10.3 Å². The van der Waals surface area contributed by atoms with Crippen molar-refractivity contribution in [1.29, 1.82) is 0 Å². The number of rotatable bonds is 4. The number of hydrogen-bond donors (Lipinski definition) is 0. The van der Waals surface area contributed by atoms with E-state index in [-0.39, 0.29) is 17.6 Å². The molecule has 1 spiro atoms. The molecular weight excluding hydrogens is 308 g/mol. The summed E-state index contributed by atoms with van der Waals surface area (Å²) in [5, 5.41) is 8.12. The first kappa shape index (κ1) is 17.0. The number of carbonyl (C=O) groups excluding carboxylic acids is 1. The average Bonchev–Trinajstić information content (AvgIpc) is 3.23. The van der Waals surface area contributed by atoms with Gasteiger partial charge in [-0.3, -0.25) is 9.69 Å². The van der Waals surface area contributed by atoms with Crippen molar-refractivity contribution in [2.45, 2.75) is 58.7 Å². The third-order valence-electron chi connectivity index (χ3n) is 5.14. The molecule has 1 saturated heterocycles. The molecular formula is C17H26N4O3. The molecule has 3 rings (SSSR count). The van der Waals surface area contributed by atoms with E-state index >= 15 is 0 Å². The lowest BCUT2D eigenvalue weighted by molar-refractivity contribution is -0.124. The lowest BCUT2D eigenvalue weighted by Crippen LogP contribution is -2.40. The quantitative estimate of drug-likeness (QED) is 0.841. The molecule has 2 aliphatic heterocycles. The van der Waals surface area contributed by atoms with Gasteiger partial charge < -0.3 is 14.3 Å². The molecule has 132 valence electrons. The van der Waals surface area contributed by atoms with Crippen LogP contribution in [0.3, 0.4) is 0 Å². The number of carbonyl (C=O) groups is 1. The normalized spacial score (nSPS) is 23.8. The van der Waals surface area contributed by atoms with E-state index in [4.69, 9.17) is 9.36 Å². The van der Waals surface area contributed by atoms with E-state index in [0.717, 1.165) is 43.1 Å². The number of aromatic nitrogens is 1. The van der Waals surface area contributed by atoms with Crippen LogP contribution in [0, 0.1) is 13.8 Å². The van der Waals surface area contributed by atoms with Crippen LogP contribution in [0.25, 0.3) is 0 Å². The fraction of sp³-hybridized carbons (Fsp3) is 0.706. The highest BCUT2D eigenvalue weighted by Crippen LogP contribution is 2.35. The van der Waals surface area contributed by atoms with Crippen molar-refractivity contribution in [3.05, 3.63) is 17.0 Å². The molecule has 7 nitrogen and oxygen atoms in total. The zero-order chi connectivity index (χ0) is 17.5. The number of aryl methyl sites for hydroxylation is 2. The molecule has 7 heteroatoms. The van der Waals surface area contributed by atoms with Crippen molar-refractivity contribution in [1.82, 2.24) is 15.0 Å². The Morgan fingerprint density at radius 3 is 2.79 bits per heavy atom. The number of likely N-dealkylation sites (tertiary alicyclic amines) is 1. The van der Waals surface area contributed by atoms with E-state index in [1.807, 2.05) is 27.7 Å². The zero-order valence-corrected chi connectivity index (χ0v) is 15.1. The Kier molecular flexibility index (Phi) is 4.38. The summed E-state index contributed by atoms with van der Waals surface area (Å²) in [5.74, 6) is 0.831. The van der Waals surface area contributed by atoms with Crippen LogP contribution in [0.1, 0.15) is 43.7 Å². The summed E-state index contributed by atoms with van der Waals surface area (Å²) in [6.07, 6.45) is 1.46. The highest BCUT2D eigenvalue weighted by atomic mass is 16.7. The molecule has 1 fully saturated rings. The van der Waals surface area contributed by atoms with E-state index < -0.39 is 0 Å². The van der Waals surface area contributed by atoms with E-state index in [1.54, 1.807) is 11.9 Å². The van der Waals surface area contributed by atoms with Gasteiger partial charge in [0, 0.05) is 51.1 Å². The molecule has 1 aromatic rings. The number of nitrogens with zero attached hydrogens (tertiary/aromatic N) is 4. The van der Waals surface area contributed by atoms with E-state index in [0.29, 0.717) is 12.1 Å². The van der Waals surface area contributed by atoms with Gasteiger partial charge in [-0.2, -0.15) is 0 Å². The second-order valence-corrected chi connectivity index (χ2v) is 7.26. The summed E-state index contributed by atoms with van der Waals surface area (Å²) in [4.78, 5) is 22.2. The first-order chi connectivity index (χ1) is 11.3. The van der Waals surface area contributed by atoms with Crippen LogP contribution in [-0.2, 0) is 16.2 Å². The molecule has 0 bridgehead atoms. The maximum atomic E-state index is 12.4. The van der Waals surface area contributed by atoms with Crippen molar-refractivity contribution in [2.24, 2.45) is 5.16 Å². The molecule has 0 aliphatic carbocycles. The van der Waals surface area contributed by atoms with Crippen LogP contribution in [-0.4, -0.2) is 58.4 Å². The van der Waals surface area contributed by atoms with Gasteiger partial charge in [0.15, 0.2) is 5.60 Å². The molecule has 0 N–H and O–H groups in total. The number of hydrogen-bond acceptors (Lipinski definition) is 6. The average molecular weight is 334 g/mol. The summed E-state index contributed by atoms with van der Waals surface area (Å²) in [6.45, 7) is 10.4. The Bertz CT molecular complexity index is 647. The minimum absolute atomic E-state index is 0.0361. The van der Waals surface area contributed by atoms with Crippen LogP contribution < -0.4 is 0 Å². The van der Waals surface area contributed by atoms with Crippen LogP contribution in [0.2, 0.25) is 0 Å². The Morgan fingerprint density at radius 2 is 2.17 bits per heavy atom. The fourth-order valence-electron chi connectivity index (χ4n) is 3.31. The van der Waals surface area contributed by atoms with Crippen molar-refractivity contribution in [3.8, 4) is 0 Å². The molecule has 0 radical (unpaired) electrons. The summed E-state index contributed by atoms with van der Waals surface area (Å²) in [7, 11) is 1.80. The molecule has 1 atom stereocenters. The Labute approximate surface area is 142 Å². The van der Waals surface area contributed by atoms with Crippen LogP contribution >= 0.6 is 0 Å². The largest absolute Gasteiger partial charge is 0.387 e. The summed E-state index contributed by atoms with van der Waals surface area (Å²) < 4.78 is 5.24. The zero-order valence-electron chi connectivity index (χ0n) is 15.1. The molecule has 1 amide bonds. The first-order valence-corrected chi connectivity index (χ1v) is 8.47. The SMILES string of the molecule is Cc1noc(C)c1CN1CC[C@]2(CC(C(=O)N(C)C(C)C)=NO2)C1. The van der Waals surface area contributed by atoms with Gasteiger partial charge in [-0.05, 0) is 27.7 Å². The van der Waals surface area contributed by atoms with E-state index in [9.17, 15) is 4.79 Å². The monoisotopic (exact) mass is 334 g/mol. The standard InChI is InChI=1S/C17H26N4O3/c1-11(2)20(5)16(22)15-8-17(24-19-15)6-7-21(10-17)9-14-12(3)18-23-13(14)4/h11H,6-10H2,1-5H3/t17-/m0/s1.